The zero-order valence-corrected chi connectivity index (χ0v) is 29.1. The maximum atomic E-state index is 9.62. The van der Waals surface area contributed by atoms with Gasteiger partial charge in [0.1, 0.15) is 0 Å². The number of aromatic nitrogens is 5. The highest BCUT2D eigenvalue weighted by molar-refractivity contribution is 7.99. The molecular formula is C44H26N6S2. The average molecular weight is 703 g/mol. The second-order valence-corrected chi connectivity index (χ2v) is 14.3. The molecule has 0 saturated carbocycles. The fraction of sp³-hybridized carbons (Fsp3) is 0. The summed E-state index contributed by atoms with van der Waals surface area (Å²) in [5.41, 5.74) is 5.97. The summed E-state index contributed by atoms with van der Waals surface area (Å²) in [7, 11) is 0. The van der Waals surface area contributed by atoms with Crippen LogP contribution in [0, 0.1) is 11.3 Å². The lowest BCUT2D eigenvalue weighted by Gasteiger charge is -2.11. The van der Waals surface area contributed by atoms with Crippen molar-refractivity contribution in [3.05, 3.63) is 163 Å². The number of rotatable bonds is 7. The Morgan fingerprint density at radius 1 is 0.481 bits per heavy atom. The Hall–Kier alpha value is -6.53. The highest BCUT2D eigenvalue weighted by Crippen LogP contribution is 2.40. The number of nitriles is 1. The summed E-state index contributed by atoms with van der Waals surface area (Å²) in [5.74, 6) is 2.53. The molecule has 8 heteroatoms. The van der Waals surface area contributed by atoms with E-state index in [1.54, 1.807) is 23.1 Å². The van der Waals surface area contributed by atoms with Gasteiger partial charge in [0.2, 0.25) is 0 Å². The standard InChI is InChI=1S/C44H26N6S2/c45-26-28-11-10-16-31(23-28)40-39(51-34-17-8-3-9-18-34)27-46-41(47-40)32-20-22-37-36(24-32)35-21-19-33(25-38(35)52-37)44-49-42(29-12-4-1-5-13-29)48-43(50-44)30-14-6-2-7-15-30/h1-25,27H. The van der Waals surface area contributed by atoms with E-state index in [9.17, 15) is 5.26 Å². The van der Waals surface area contributed by atoms with Crippen LogP contribution in [-0.4, -0.2) is 24.9 Å². The fourth-order valence-corrected chi connectivity index (χ4v) is 8.17. The third kappa shape index (κ3) is 6.20. The van der Waals surface area contributed by atoms with Gasteiger partial charge in [-0.1, -0.05) is 115 Å². The van der Waals surface area contributed by atoms with Crippen LogP contribution < -0.4 is 0 Å². The predicted octanol–water partition coefficient (Wildman–Crippen LogP) is 11.4. The summed E-state index contributed by atoms with van der Waals surface area (Å²) in [6, 6.07) is 52.9. The molecule has 3 aromatic heterocycles. The zero-order chi connectivity index (χ0) is 34.9. The van der Waals surface area contributed by atoms with Crippen molar-refractivity contribution in [2.45, 2.75) is 9.79 Å². The lowest BCUT2D eigenvalue weighted by Crippen LogP contribution is -1.99. The number of hydrogen-bond donors (Lipinski definition) is 0. The maximum Gasteiger partial charge on any atom is 0.164 e. The smallest absolute Gasteiger partial charge is 0.164 e. The molecule has 0 fully saturated rings. The molecule has 244 valence electrons. The molecule has 6 aromatic carbocycles. The average Bonchev–Trinajstić information content (AvgIpc) is 3.59. The molecule has 0 atom stereocenters. The maximum absolute atomic E-state index is 9.62. The lowest BCUT2D eigenvalue weighted by atomic mass is 10.1. The van der Waals surface area contributed by atoms with Gasteiger partial charge >= 0.3 is 0 Å². The molecule has 0 radical (unpaired) electrons. The zero-order valence-electron chi connectivity index (χ0n) is 27.5. The molecule has 0 aliphatic carbocycles. The molecule has 9 aromatic rings. The molecule has 6 nitrogen and oxygen atoms in total. The summed E-state index contributed by atoms with van der Waals surface area (Å²) in [4.78, 5) is 26.7. The Morgan fingerprint density at radius 2 is 1.10 bits per heavy atom. The molecule has 0 saturated heterocycles. The molecule has 9 rings (SSSR count). The van der Waals surface area contributed by atoms with Crippen LogP contribution in [0.25, 0.3) is 77.0 Å². The van der Waals surface area contributed by atoms with Gasteiger partial charge in [-0.05, 0) is 48.5 Å². The van der Waals surface area contributed by atoms with Crippen LogP contribution in [-0.2, 0) is 0 Å². The minimum atomic E-state index is 0.587. The summed E-state index contributed by atoms with van der Waals surface area (Å²) < 4.78 is 2.30. The van der Waals surface area contributed by atoms with Crippen LogP contribution in [0.4, 0.5) is 0 Å². The normalized spacial score (nSPS) is 11.1. The van der Waals surface area contributed by atoms with Gasteiger partial charge in [-0.25, -0.2) is 24.9 Å². The number of nitrogens with zero attached hydrogens (tertiary/aromatic N) is 6. The van der Waals surface area contributed by atoms with Gasteiger partial charge in [-0.2, -0.15) is 5.26 Å². The second kappa shape index (κ2) is 13.6. The van der Waals surface area contributed by atoms with Crippen molar-refractivity contribution < 1.29 is 0 Å². The van der Waals surface area contributed by atoms with Gasteiger partial charge in [0.25, 0.3) is 0 Å². The minimum absolute atomic E-state index is 0.587. The van der Waals surface area contributed by atoms with E-state index in [0.717, 1.165) is 58.8 Å². The van der Waals surface area contributed by atoms with Crippen molar-refractivity contribution in [1.82, 2.24) is 24.9 Å². The van der Waals surface area contributed by atoms with Crippen molar-refractivity contribution in [1.29, 1.82) is 5.26 Å². The highest BCUT2D eigenvalue weighted by Gasteiger charge is 2.17. The fourth-order valence-electron chi connectivity index (χ4n) is 6.14. The van der Waals surface area contributed by atoms with E-state index in [1.165, 1.54) is 4.70 Å². The number of benzene rings is 6. The predicted molar refractivity (Wildman–Crippen MR) is 211 cm³/mol. The number of thiophene rings is 1. The summed E-state index contributed by atoms with van der Waals surface area (Å²) in [5, 5.41) is 11.9. The van der Waals surface area contributed by atoms with E-state index < -0.39 is 0 Å². The minimum Gasteiger partial charge on any atom is -0.235 e. The van der Waals surface area contributed by atoms with Crippen LogP contribution in [0.2, 0.25) is 0 Å². The third-order valence-electron chi connectivity index (χ3n) is 8.68. The first-order valence-electron chi connectivity index (χ1n) is 16.6. The van der Waals surface area contributed by atoms with Crippen LogP contribution in [0.15, 0.2) is 168 Å². The van der Waals surface area contributed by atoms with E-state index in [1.807, 2.05) is 109 Å². The summed E-state index contributed by atoms with van der Waals surface area (Å²) >= 11 is 3.35. The van der Waals surface area contributed by atoms with Crippen molar-refractivity contribution in [2.24, 2.45) is 0 Å². The van der Waals surface area contributed by atoms with Crippen molar-refractivity contribution >= 4 is 43.3 Å². The Balaban J connectivity index is 1.12. The van der Waals surface area contributed by atoms with E-state index in [4.69, 9.17) is 24.9 Å². The van der Waals surface area contributed by atoms with Gasteiger partial charge in [0.15, 0.2) is 23.3 Å². The SMILES string of the molecule is N#Cc1cccc(-c2nc(-c3ccc4sc5cc(-c6nc(-c7ccccc7)nc(-c7ccccc7)n6)ccc5c4c3)ncc2Sc2ccccc2)c1. The van der Waals surface area contributed by atoms with Gasteiger partial charge in [0, 0.05) is 59.1 Å². The van der Waals surface area contributed by atoms with Crippen LogP contribution in [0.1, 0.15) is 5.56 Å². The van der Waals surface area contributed by atoms with Crippen molar-refractivity contribution in [3.63, 3.8) is 0 Å². The lowest BCUT2D eigenvalue weighted by molar-refractivity contribution is 1.07. The van der Waals surface area contributed by atoms with Gasteiger partial charge in [-0.15, -0.1) is 11.3 Å². The third-order valence-corrected chi connectivity index (χ3v) is 10.8. The van der Waals surface area contributed by atoms with Gasteiger partial charge < -0.3 is 0 Å². The molecule has 52 heavy (non-hydrogen) atoms. The quantitative estimate of drug-likeness (QED) is 0.163. The summed E-state index contributed by atoms with van der Waals surface area (Å²) in [6.07, 6.45) is 1.89. The highest BCUT2D eigenvalue weighted by atomic mass is 32.2. The second-order valence-electron chi connectivity index (χ2n) is 12.1. The summed E-state index contributed by atoms with van der Waals surface area (Å²) in [6.45, 7) is 0. The Bertz CT molecular complexity index is 2720. The van der Waals surface area contributed by atoms with Gasteiger partial charge in [0.05, 0.1) is 22.2 Å². The Labute approximate surface area is 308 Å². The monoisotopic (exact) mass is 702 g/mol. The molecular weight excluding hydrogens is 677 g/mol. The number of hydrogen-bond acceptors (Lipinski definition) is 8. The van der Waals surface area contributed by atoms with Crippen molar-refractivity contribution in [2.75, 3.05) is 0 Å². The Morgan fingerprint density at radius 3 is 1.79 bits per heavy atom. The van der Waals surface area contributed by atoms with Crippen molar-refractivity contribution in [3.8, 4) is 62.9 Å². The van der Waals surface area contributed by atoms with E-state index in [-0.39, 0.29) is 0 Å². The first-order valence-corrected chi connectivity index (χ1v) is 18.3. The molecule has 0 amide bonds. The van der Waals surface area contributed by atoms with Crippen LogP contribution in [0.5, 0.6) is 0 Å². The van der Waals surface area contributed by atoms with Crippen LogP contribution in [0.3, 0.4) is 0 Å². The topological polar surface area (TPSA) is 88.2 Å². The van der Waals surface area contributed by atoms with E-state index in [2.05, 4.69) is 54.6 Å². The van der Waals surface area contributed by atoms with E-state index in [0.29, 0.717) is 28.9 Å². The molecule has 0 N–H and O–H groups in total. The molecule has 0 spiro atoms. The Kier molecular flexibility index (Phi) is 8.25. The van der Waals surface area contributed by atoms with E-state index >= 15 is 0 Å². The molecule has 0 unspecified atom stereocenters. The molecule has 0 bridgehead atoms. The number of fused-ring (bicyclic) bond motifs is 3. The first-order chi connectivity index (χ1) is 25.7. The van der Waals surface area contributed by atoms with Gasteiger partial charge in [-0.3, -0.25) is 0 Å². The first kappa shape index (κ1) is 31.5. The van der Waals surface area contributed by atoms with Crippen LogP contribution >= 0.6 is 23.1 Å². The molecule has 0 aliphatic heterocycles. The molecule has 0 aliphatic rings. The largest absolute Gasteiger partial charge is 0.235 e. The molecule has 3 heterocycles.